The molecule has 0 saturated carbocycles. The molecule has 2 rings (SSSR count). The molecule has 0 aliphatic heterocycles. The fourth-order valence-corrected chi connectivity index (χ4v) is 1.97. The number of nitroso groups, excluding NO2 is 1. The predicted octanol–water partition coefficient (Wildman–Crippen LogP) is 3.26. The van der Waals surface area contributed by atoms with Crippen LogP contribution in [0.15, 0.2) is 47.7 Å². The molecule has 1 aromatic carbocycles. The van der Waals surface area contributed by atoms with Gasteiger partial charge in [0, 0.05) is 5.92 Å². The maximum Gasteiger partial charge on any atom is 0.102 e. The zero-order chi connectivity index (χ0) is 9.80. The van der Waals surface area contributed by atoms with Crippen LogP contribution in [0.3, 0.4) is 0 Å². The van der Waals surface area contributed by atoms with E-state index in [1.165, 1.54) is 5.56 Å². The minimum absolute atomic E-state index is 0.0811. The maximum atomic E-state index is 10.7. The van der Waals surface area contributed by atoms with Crippen LogP contribution in [0.1, 0.15) is 24.3 Å². The molecule has 14 heavy (non-hydrogen) atoms. The van der Waals surface area contributed by atoms with E-state index in [1.807, 2.05) is 24.3 Å². The Hall–Kier alpha value is -1.44. The van der Waals surface area contributed by atoms with E-state index in [0.717, 1.165) is 12.8 Å². The minimum Gasteiger partial charge on any atom is -0.150 e. The third-order valence-corrected chi connectivity index (χ3v) is 2.76. The fraction of sp³-hybridized carbons (Fsp3) is 0.333. The van der Waals surface area contributed by atoms with E-state index in [9.17, 15) is 4.91 Å². The van der Waals surface area contributed by atoms with Crippen molar-refractivity contribution in [2.75, 3.05) is 0 Å². The molecule has 72 valence electrons. The quantitative estimate of drug-likeness (QED) is 0.516. The number of rotatable bonds is 2. The Morgan fingerprint density at radius 1 is 1.07 bits per heavy atom. The first kappa shape index (κ1) is 9.13. The monoisotopic (exact) mass is 187 g/mol. The highest BCUT2D eigenvalue weighted by Crippen LogP contribution is 2.31. The molecule has 0 unspecified atom stereocenters. The van der Waals surface area contributed by atoms with Crippen LogP contribution in [0.5, 0.6) is 0 Å². The van der Waals surface area contributed by atoms with Crippen LogP contribution in [0.25, 0.3) is 0 Å². The van der Waals surface area contributed by atoms with Gasteiger partial charge in [-0.3, -0.25) is 0 Å². The highest BCUT2D eigenvalue weighted by Gasteiger charge is 2.24. The van der Waals surface area contributed by atoms with Gasteiger partial charge in [0.15, 0.2) is 0 Å². The van der Waals surface area contributed by atoms with Gasteiger partial charge >= 0.3 is 0 Å². The lowest BCUT2D eigenvalue weighted by atomic mass is 9.84. The van der Waals surface area contributed by atoms with Crippen molar-refractivity contribution in [2.45, 2.75) is 24.8 Å². The molecule has 0 saturated heterocycles. The Morgan fingerprint density at radius 2 is 1.79 bits per heavy atom. The summed E-state index contributed by atoms with van der Waals surface area (Å²) < 4.78 is 0. The Balaban J connectivity index is 2.24. The topological polar surface area (TPSA) is 29.4 Å². The van der Waals surface area contributed by atoms with Crippen LogP contribution >= 0.6 is 0 Å². The van der Waals surface area contributed by atoms with E-state index in [0.29, 0.717) is 0 Å². The minimum atomic E-state index is -0.0811. The molecule has 0 spiro atoms. The molecular weight excluding hydrogens is 174 g/mol. The number of allylic oxidation sites excluding steroid dienone is 1. The molecule has 2 atom stereocenters. The van der Waals surface area contributed by atoms with Crippen LogP contribution in [0.2, 0.25) is 0 Å². The highest BCUT2D eigenvalue weighted by atomic mass is 16.3. The molecule has 2 nitrogen and oxygen atoms in total. The van der Waals surface area contributed by atoms with E-state index in [2.05, 4.69) is 23.4 Å². The van der Waals surface area contributed by atoms with Gasteiger partial charge < -0.3 is 0 Å². The first-order valence-corrected chi connectivity index (χ1v) is 4.94. The molecule has 1 aliphatic carbocycles. The molecule has 0 heterocycles. The van der Waals surface area contributed by atoms with E-state index < -0.39 is 0 Å². The fourth-order valence-electron chi connectivity index (χ4n) is 1.97. The van der Waals surface area contributed by atoms with Crippen molar-refractivity contribution in [1.29, 1.82) is 0 Å². The molecule has 0 N–H and O–H groups in total. The Kier molecular flexibility index (Phi) is 2.73. The van der Waals surface area contributed by atoms with Crippen molar-refractivity contribution in [3.8, 4) is 0 Å². The number of hydrogen-bond acceptors (Lipinski definition) is 2. The Morgan fingerprint density at radius 3 is 2.50 bits per heavy atom. The van der Waals surface area contributed by atoms with E-state index in [4.69, 9.17) is 0 Å². The van der Waals surface area contributed by atoms with Crippen molar-refractivity contribution >= 4 is 0 Å². The average molecular weight is 187 g/mol. The maximum absolute atomic E-state index is 10.7. The molecule has 0 fully saturated rings. The summed E-state index contributed by atoms with van der Waals surface area (Å²) in [6.07, 6.45) is 5.90. The number of hydrogen-bond donors (Lipinski definition) is 0. The Labute approximate surface area is 83.6 Å². The normalized spacial score (nSPS) is 26.0. The zero-order valence-corrected chi connectivity index (χ0v) is 7.97. The summed E-state index contributed by atoms with van der Waals surface area (Å²) in [6.45, 7) is 0. The lowest BCUT2D eigenvalue weighted by Gasteiger charge is -2.23. The second kappa shape index (κ2) is 4.18. The van der Waals surface area contributed by atoms with Crippen LogP contribution in [0.4, 0.5) is 0 Å². The van der Waals surface area contributed by atoms with E-state index in [-0.39, 0.29) is 12.0 Å². The van der Waals surface area contributed by atoms with Crippen LogP contribution < -0.4 is 0 Å². The first-order chi connectivity index (χ1) is 6.92. The molecule has 1 aliphatic rings. The molecule has 0 radical (unpaired) electrons. The molecular formula is C12H13NO. The van der Waals surface area contributed by atoms with Gasteiger partial charge in [-0.25, -0.2) is 0 Å². The molecule has 0 aromatic heterocycles. The van der Waals surface area contributed by atoms with Gasteiger partial charge in [-0.05, 0) is 18.4 Å². The summed E-state index contributed by atoms with van der Waals surface area (Å²) in [4.78, 5) is 10.7. The average Bonchev–Trinajstić information content (AvgIpc) is 2.30. The summed E-state index contributed by atoms with van der Waals surface area (Å²) in [5, 5.41) is 3.20. The van der Waals surface area contributed by atoms with Gasteiger partial charge in [0.05, 0.1) is 0 Å². The zero-order valence-electron chi connectivity index (χ0n) is 7.97. The van der Waals surface area contributed by atoms with Crippen molar-refractivity contribution in [3.05, 3.63) is 53.0 Å². The van der Waals surface area contributed by atoms with E-state index >= 15 is 0 Å². The summed E-state index contributed by atoms with van der Waals surface area (Å²) in [5.41, 5.74) is 1.22. The lowest BCUT2D eigenvalue weighted by Crippen LogP contribution is -2.17. The standard InChI is InChI=1S/C12H13NO/c14-13-12-9-5-4-8-11(12)10-6-2-1-3-7-10/h1-7,11-12H,8-9H2/t11-,12-/m1/s1. The van der Waals surface area contributed by atoms with Crippen LogP contribution in [-0.4, -0.2) is 6.04 Å². The van der Waals surface area contributed by atoms with E-state index in [1.54, 1.807) is 0 Å². The molecule has 1 aromatic rings. The summed E-state index contributed by atoms with van der Waals surface area (Å²) in [5.74, 6) is 0.277. The van der Waals surface area contributed by atoms with Gasteiger partial charge in [0.25, 0.3) is 0 Å². The third-order valence-electron chi connectivity index (χ3n) is 2.76. The van der Waals surface area contributed by atoms with Crippen LogP contribution in [-0.2, 0) is 0 Å². The number of benzene rings is 1. The predicted molar refractivity (Wildman–Crippen MR) is 57.1 cm³/mol. The van der Waals surface area contributed by atoms with Crippen molar-refractivity contribution < 1.29 is 0 Å². The lowest BCUT2D eigenvalue weighted by molar-refractivity contribution is 0.520. The summed E-state index contributed by atoms with van der Waals surface area (Å²) in [7, 11) is 0. The third kappa shape index (κ3) is 1.74. The SMILES string of the molecule is O=N[C@@H]1CC=CC[C@@H]1c1ccccc1. The second-order valence-corrected chi connectivity index (χ2v) is 3.63. The smallest absolute Gasteiger partial charge is 0.102 e. The van der Waals surface area contributed by atoms with Crippen LogP contribution in [0, 0.1) is 4.91 Å². The Bertz CT molecular complexity index is 331. The van der Waals surface area contributed by atoms with Gasteiger partial charge in [-0.2, -0.15) is 4.91 Å². The van der Waals surface area contributed by atoms with Crippen molar-refractivity contribution in [1.82, 2.24) is 0 Å². The summed E-state index contributed by atoms with van der Waals surface area (Å²) in [6, 6.07) is 10.1. The largest absolute Gasteiger partial charge is 0.150 e. The van der Waals surface area contributed by atoms with Gasteiger partial charge in [0.1, 0.15) is 6.04 Å². The molecule has 0 amide bonds. The summed E-state index contributed by atoms with van der Waals surface area (Å²) >= 11 is 0. The first-order valence-electron chi connectivity index (χ1n) is 4.94. The van der Waals surface area contributed by atoms with Gasteiger partial charge in [-0.1, -0.05) is 47.7 Å². The van der Waals surface area contributed by atoms with Gasteiger partial charge in [0.2, 0.25) is 0 Å². The van der Waals surface area contributed by atoms with Crippen molar-refractivity contribution in [2.24, 2.45) is 5.18 Å². The second-order valence-electron chi connectivity index (χ2n) is 3.63. The van der Waals surface area contributed by atoms with Crippen molar-refractivity contribution in [3.63, 3.8) is 0 Å². The molecule has 2 heteroatoms. The number of nitrogens with zero attached hydrogens (tertiary/aromatic N) is 1. The van der Waals surface area contributed by atoms with Gasteiger partial charge in [-0.15, -0.1) is 0 Å². The highest BCUT2D eigenvalue weighted by molar-refractivity contribution is 5.24. The molecule has 0 bridgehead atoms.